The van der Waals surface area contributed by atoms with Gasteiger partial charge in [0.05, 0.1) is 5.02 Å². The van der Waals surface area contributed by atoms with Gasteiger partial charge in [0.2, 0.25) is 0 Å². The maximum Gasteiger partial charge on any atom is 0.0590 e. The summed E-state index contributed by atoms with van der Waals surface area (Å²) in [6.45, 7) is 5.14. The highest BCUT2D eigenvalue weighted by molar-refractivity contribution is 7.10. The molecule has 1 nitrogen and oxygen atoms in total. The Hall–Kier alpha value is -0.250. The molecule has 1 aromatic heterocycles. The van der Waals surface area contributed by atoms with Gasteiger partial charge < -0.3 is 5.32 Å². The second-order valence-corrected chi connectivity index (χ2v) is 7.18. The van der Waals surface area contributed by atoms with Crippen molar-refractivity contribution in [3.63, 3.8) is 0 Å². The van der Waals surface area contributed by atoms with E-state index in [0.717, 1.165) is 35.5 Å². The lowest BCUT2D eigenvalue weighted by atomic mass is 10.0. The van der Waals surface area contributed by atoms with Crippen molar-refractivity contribution in [2.45, 2.75) is 32.7 Å². The number of aryl methyl sites for hydroxylation is 1. The number of nitrogens with one attached hydrogen (secondary N) is 1. The monoisotopic (exact) mass is 361 g/mol. The largest absolute Gasteiger partial charge is 0.309 e. The van der Waals surface area contributed by atoms with E-state index in [4.69, 9.17) is 34.8 Å². The van der Waals surface area contributed by atoms with Crippen LogP contribution in [0.25, 0.3) is 0 Å². The molecule has 114 valence electrons. The van der Waals surface area contributed by atoms with E-state index in [2.05, 4.69) is 17.6 Å². The van der Waals surface area contributed by atoms with Crippen molar-refractivity contribution in [1.29, 1.82) is 0 Å². The summed E-state index contributed by atoms with van der Waals surface area (Å²) in [6, 6.07) is 5.83. The number of benzene rings is 1. The molecule has 0 aliphatic rings. The molecule has 1 aromatic carbocycles. The summed E-state index contributed by atoms with van der Waals surface area (Å²) in [7, 11) is 0. The molecule has 0 bridgehead atoms. The Labute approximate surface area is 145 Å². The van der Waals surface area contributed by atoms with Gasteiger partial charge in [0, 0.05) is 21.0 Å². The second-order valence-electron chi connectivity index (χ2n) is 5.04. The number of hydrogen-bond donors (Lipinski definition) is 1. The molecule has 21 heavy (non-hydrogen) atoms. The first-order chi connectivity index (χ1) is 10.0. The smallest absolute Gasteiger partial charge is 0.0590 e. The summed E-state index contributed by atoms with van der Waals surface area (Å²) in [5.74, 6) is 0. The lowest BCUT2D eigenvalue weighted by Crippen LogP contribution is -2.23. The Morgan fingerprint density at radius 2 is 2.00 bits per heavy atom. The number of hydrogen-bond acceptors (Lipinski definition) is 2. The molecular formula is C16H18Cl3NS. The average Bonchev–Trinajstić information content (AvgIpc) is 2.77. The zero-order chi connectivity index (χ0) is 15.4. The van der Waals surface area contributed by atoms with Crippen molar-refractivity contribution in [2.75, 3.05) is 6.54 Å². The minimum atomic E-state index is 0.176. The third kappa shape index (κ3) is 4.37. The predicted molar refractivity (Wildman–Crippen MR) is 95.3 cm³/mol. The van der Waals surface area contributed by atoms with Crippen LogP contribution in [0.15, 0.2) is 23.6 Å². The molecule has 0 saturated heterocycles. The van der Waals surface area contributed by atoms with Crippen LogP contribution in [0.5, 0.6) is 0 Å². The molecule has 0 fully saturated rings. The van der Waals surface area contributed by atoms with E-state index in [0.29, 0.717) is 10.0 Å². The van der Waals surface area contributed by atoms with Crippen LogP contribution in [0.3, 0.4) is 0 Å². The highest BCUT2D eigenvalue weighted by atomic mass is 35.5. The number of rotatable bonds is 6. The lowest BCUT2D eigenvalue weighted by Gasteiger charge is -2.19. The van der Waals surface area contributed by atoms with Crippen LogP contribution in [-0.4, -0.2) is 6.54 Å². The van der Waals surface area contributed by atoms with Gasteiger partial charge in [-0.1, -0.05) is 47.8 Å². The topological polar surface area (TPSA) is 12.0 Å². The Balaban J connectivity index is 2.26. The summed E-state index contributed by atoms with van der Waals surface area (Å²) >= 11 is 20.4. The van der Waals surface area contributed by atoms with E-state index in [9.17, 15) is 0 Å². The van der Waals surface area contributed by atoms with Crippen LogP contribution in [-0.2, 0) is 6.42 Å². The van der Waals surface area contributed by atoms with Crippen LogP contribution >= 0.6 is 46.1 Å². The minimum Gasteiger partial charge on any atom is -0.309 e. The quantitative estimate of drug-likeness (QED) is 0.635. The molecule has 1 heterocycles. The summed E-state index contributed by atoms with van der Waals surface area (Å²) in [4.78, 5) is 1.17. The molecule has 1 N–H and O–H groups in total. The van der Waals surface area contributed by atoms with Crippen LogP contribution in [0.1, 0.15) is 35.4 Å². The molecule has 0 aliphatic carbocycles. The molecule has 5 heteroatoms. The van der Waals surface area contributed by atoms with Gasteiger partial charge in [-0.25, -0.2) is 0 Å². The highest BCUT2D eigenvalue weighted by Gasteiger charge is 2.19. The molecule has 2 aromatic rings. The van der Waals surface area contributed by atoms with E-state index in [1.807, 2.05) is 19.1 Å². The van der Waals surface area contributed by atoms with Crippen LogP contribution < -0.4 is 5.32 Å². The van der Waals surface area contributed by atoms with Crippen LogP contribution in [0, 0.1) is 6.92 Å². The first kappa shape index (κ1) is 17.1. The Morgan fingerprint density at radius 3 is 2.57 bits per heavy atom. The Morgan fingerprint density at radius 1 is 1.24 bits per heavy atom. The highest BCUT2D eigenvalue weighted by Crippen LogP contribution is 2.35. The van der Waals surface area contributed by atoms with Gasteiger partial charge in [-0.05, 0) is 54.9 Å². The van der Waals surface area contributed by atoms with Crippen LogP contribution in [0.2, 0.25) is 15.1 Å². The number of thiophene rings is 1. The van der Waals surface area contributed by atoms with Crippen LogP contribution in [0.4, 0.5) is 0 Å². The standard InChI is InChI=1S/C16H18Cl3NS/c1-3-6-20-14(16-15(19)10(2)9-21-16)7-11-4-5-12(17)8-13(11)18/h4-5,8-9,14,20H,3,6-7H2,1-2H3. The van der Waals surface area contributed by atoms with Crippen molar-refractivity contribution in [2.24, 2.45) is 0 Å². The summed E-state index contributed by atoms with van der Waals surface area (Å²) in [6.07, 6.45) is 1.88. The number of halogens is 3. The fourth-order valence-corrected chi connectivity index (χ4v) is 4.06. The van der Waals surface area contributed by atoms with Crippen molar-refractivity contribution < 1.29 is 0 Å². The van der Waals surface area contributed by atoms with E-state index >= 15 is 0 Å². The second kappa shape index (κ2) is 7.85. The van der Waals surface area contributed by atoms with Gasteiger partial charge in [0.15, 0.2) is 0 Å². The van der Waals surface area contributed by atoms with Gasteiger partial charge in [-0.2, -0.15) is 0 Å². The maximum atomic E-state index is 6.43. The van der Waals surface area contributed by atoms with Crippen molar-refractivity contribution in [3.05, 3.63) is 54.7 Å². The summed E-state index contributed by atoms with van der Waals surface area (Å²) < 4.78 is 0. The average molecular weight is 363 g/mol. The molecule has 0 aliphatic heterocycles. The van der Waals surface area contributed by atoms with E-state index in [1.54, 1.807) is 17.4 Å². The fraction of sp³-hybridized carbons (Fsp3) is 0.375. The maximum absolute atomic E-state index is 6.43. The third-order valence-corrected chi connectivity index (χ3v) is 5.74. The predicted octanol–water partition coefficient (Wildman–Crippen LogP) is 6.30. The van der Waals surface area contributed by atoms with Gasteiger partial charge >= 0.3 is 0 Å². The molecular weight excluding hydrogens is 345 g/mol. The zero-order valence-corrected chi connectivity index (χ0v) is 15.1. The van der Waals surface area contributed by atoms with Gasteiger partial charge in [0.25, 0.3) is 0 Å². The molecule has 1 unspecified atom stereocenters. The van der Waals surface area contributed by atoms with E-state index < -0.39 is 0 Å². The first-order valence-corrected chi connectivity index (χ1v) is 8.95. The fourth-order valence-electron chi connectivity index (χ4n) is 2.17. The zero-order valence-electron chi connectivity index (χ0n) is 12.1. The normalized spacial score (nSPS) is 12.6. The van der Waals surface area contributed by atoms with E-state index in [-0.39, 0.29) is 6.04 Å². The minimum absolute atomic E-state index is 0.176. The molecule has 0 radical (unpaired) electrons. The SMILES string of the molecule is CCCNC(Cc1ccc(Cl)cc1Cl)c1scc(C)c1Cl. The van der Waals surface area contributed by atoms with Crippen molar-refractivity contribution >= 4 is 46.1 Å². The summed E-state index contributed by atoms with van der Waals surface area (Å²) in [5, 5.41) is 7.89. The molecule has 2 rings (SSSR count). The van der Waals surface area contributed by atoms with E-state index in [1.165, 1.54) is 4.88 Å². The van der Waals surface area contributed by atoms with Gasteiger partial charge in [-0.3, -0.25) is 0 Å². The van der Waals surface area contributed by atoms with Gasteiger partial charge in [0.1, 0.15) is 0 Å². The van der Waals surface area contributed by atoms with Crippen molar-refractivity contribution in [1.82, 2.24) is 5.32 Å². The lowest BCUT2D eigenvalue weighted by molar-refractivity contribution is 0.536. The molecule has 0 saturated carbocycles. The Kier molecular flexibility index (Phi) is 6.39. The van der Waals surface area contributed by atoms with Crippen molar-refractivity contribution in [3.8, 4) is 0 Å². The Bertz CT molecular complexity index is 610. The first-order valence-electron chi connectivity index (χ1n) is 6.93. The molecule has 1 atom stereocenters. The third-order valence-electron chi connectivity index (χ3n) is 3.32. The molecule has 0 amide bonds. The summed E-state index contributed by atoms with van der Waals surface area (Å²) in [5.41, 5.74) is 2.21. The van der Waals surface area contributed by atoms with Gasteiger partial charge in [-0.15, -0.1) is 11.3 Å². The molecule has 0 spiro atoms.